The number of aromatic nitrogens is 2. The van der Waals surface area contributed by atoms with Gasteiger partial charge in [0.05, 0.1) is 5.56 Å². The number of carbonyl (C=O) groups is 1. The van der Waals surface area contributed by atoms with Gasteiger partial charge in [-0.2, -0.15) is 0 Å². The van der Waals surface area contributed by atoms with Crippen molar-refractivity contribution in [2.45, 2.75) is 33.1 Å². The maximum atomic E-state index is 12.6. The van der Waals surface area contributed by atoms with Crippen LogP contribution in [0.4, 0.5) is 0 Å². The molecule has 0 bridgehead atoms. The van der Waals surface area contributed by atoms with E-state index in [1.807, 2.05) is 0 Å². The van der Waals surface area contributed by atoms with Gasteiger partial charge in [0.2, 0.25) is 0 Å². The standard InChI is InChI=1S/C14H20N2O3/c1-14(2)7-5-6-10(14)11(17)9-8-15(3)13(19)16(4)12(9)18/h8,10H,5-7H2,1-4H3. The van der Waals surface area contributed by atoms with Crippen molar-refractivity contribution in [3.63, 3.8) is 0 Å². The molecule has 1 atom stereocenters. The lowest BCUT2D eigenvalue weighted by Gasteiger charge is -2.25. The van der Waals surface area contributed by atoms with Gasteiger partial charge in [-0.05, 0) is 18.3 Å². The summed E-state index contributed by atoms with van der Waals surface area (Å²) in [5, 5.41) is 0. The van der Waals surface area contributed by atoms with Crippen molar-refractivity contribution < 1.29 is 4.79 Å². The van der Waals surface area contributed by atoms with E-state index in [1.165, 1.54) is 17.8 Å². The van der Waals surface area contributed by atoms with Crippen LogP contribution < -0.4 is 11.2 Å². The molecule has 1 aliphatic carbocycles. The Morgan fingerprint density at radius 1 is 1.32 bits per heavy atom. The maximum absolute atomic E-state index is 12.6. The predicted molar refractivity (Wildman–Crippen MR) is 72.4 cm³/mol. The molecule has 5 nitrogen and oxygen atoms in total. The molecule has 0 radical (unpaired) electrons. The number of Topliss-reactive ketones (excluding diaryl/α,β-unsaturated/α-hetero) is 1. The van der Waals surface area contributed by atoms with Gasteiger partial charge in [-0.1, -0.05) is 20.3 Å². The summed E-state index contributed by atoms with van der Waals surface area (Å²) in [5.74, 6) is -0.253. The molecule has 1 unspecified atom stereocenters. The molecule has 1 fully saturated rings. The zero-order valence-electron chi connectivity index (χ0n) is 11.9. The largest absolute Gasteiger partial charge is 0.330 e. The number of carbonyl (C=O) groups excluding carboxylic acids is 1. The van der Waals surface area contributed by atoms with Crippen molar-refractivity contribution in [1.29, 1.82) is 0 Å². The topological polar surface area (TPSA) is 61.1 Å². The molecular formula is C14H20N2O3. The van der Waals surface area contributed by atoms with Crippen LogP contribution in [0.5, 0.6) is 0 Å². The van der Waals surface area contributed by atoms with Crippen molar-refractivity contribution in [3.8, 4) is 0 Å². The molecule has 0 N–H and O–H groups in total. The highest BCUT2D eigenvalue weighted by molar-refractivity contribution is 5.97. The second-order valence-corrected chi connectivity index (χ2v) is 6.10. The second-order valence-electron chi connectivity index (χ2n) is 6.10. The highest BCUT2D eigenvalue weighted by Gasteiger charge is 2.40. The summed E-state index contributed by atoms with van der Waals surface area (Å²) in [5.41, 5.74) is -0.843. The Morgan fingerprint density at radius 2 is 1.95 bits per heavy atom. The number of aryl methyl sites for hydroxylation is 1. The first kappa shape index (κ1) is 13.8. The van der Waals surface area contributed by atoms with E-state index in [4.69, 9.17) is 0 Å². The molecule has 0 aliphatic heterocycles. The van der Waals surface area contributed by atoms with Gasteiger partial charge in [0.1, 0.15) is 0 Å². The third-order valence-electron chi connectivity index (χ3n) is 4.29. The van der Waals surface area contributed by atoms with Crippen LogP contribution in [0.15, 0.2) is 15.8 Å². The van der Waals surface area contributed by atoms with Crippen molar-refractivity contribution in [2.24, 2.45) is 25.4 Å². The van der Waals surface area contributed by atoms with Crippen LogP contribution >= 0.6 is 0 Å². The third kappa shape index (κ3) is 2.17. The van der Waals surface area contributed by atoms with Crippen molar-refractivity contribution in [1.82, 2.24) is 9.13 Å². The molecule has 0 spiro atoms. The number of rotatable bonds is 2. The van der Waals surface area contributed by atoms with Gasteiger partial charge < -0.3 is 4.57 Å². The first-order valence-electron chi connectivity index (χ1n) is 6.56. The fraction of sp³-hybridized carbons (Fsp3) is 0.643. The molecule has 1 aromatic heterocycles. The molecule has 1 aliphatic rings. The molecule has 0 saturated heterocycles. The molecular weight excluding hydrogens is 244 g/mol. The number of hydrogen-bond acceptors (Lipinski definition) is 3. The first-order chi connectivity index (χ1) is 8.75. The summed E-state index contributed by atoms with van der Waals surface area (Å²) >= 11 is 0. The fourth-order valence-corrected chi connectivity index (χ4v) is 2.98. The van der Waals surface area contributed by atoms with Crippen molar-refractivity contribution in [3.05, 3.63) is 32.6 Å². The van der Waals surface area contributed by atoms with Crippen LogP contribution in [-0.2, 0) is 14.1 Å². The van der Waals surface area contributed by atoms with Gasteiger partial charge in [-0.15, -0.1) is 0 Å². The summed E-state index contributed by atoms with van der Waals surface area (Å²) in [6.45, 7) is 4.13. The lowest BCUT2D eigenvalue weighted by molar-refractivity contribution is 0.0835. The summed E-state index contributed by atoms with van der Waals surface area (Å²) in [6, 6.07) is 0. The molecule has 0 amide bonds. The molecule has 5 heteroatoms. The van der Waals surface area contributed by atoms with E-state index >= 15 is 0 Å². The molecule has 1 aromatic rings. The van der Waals surface area contributed by atoms with E-state index in [2.05, 4.69) is 13.8 Å². The van der Waals surface area contributed by atoms with Crippen LogP contribution in [0.1, 0.15) is 43.5 Å². The van der Waals surface area contributed by atoms with E-state index < -0.39 is 11.2 Å². The Hall–Kier alpha value is -1.65. The van der Waals surface area contributed by atoms with Crippen LogP contribution in [0.2, 0.25) is 0 Å². The van der Waals surface area contributed by atoms with Gasteiger partial charge >= 0.3 is 5.69 Å². The van der Waals surface area contributed by atoms with Crippen LogP contribution in [-0.4, -0.2) is 14.9 Å². The monoisotopic (exact) mass is 264 g/mol. The Balaban J connectivity index is 2.52. The minimum atomic E-state index is -0.490. The number of ketones is 1. The average Bonchev–Trinajstić information content (AvgIpc) is 2.70. The van der Waals surface area contributed by atoms with Gasteiger partial charge in [-0.3, -0.25) is 14.2 Å². The predicted octanol–water partition coefficient (Wildman–Crippen LogP) is 1.09. The minimum Gasteiger partial charge on any atom is -0.303 e. The van der Waals surface area contributed by atoms with Crippen LogP contribution in [0.3, 0.4) is 0 Å². The Kier molecular flexibility index (Phi) is 3.24. The van der Waals surface area contributed by atoms with Gasteiger partial charge in [-0.25, -0.2) is 4.79 Å². The van der Waals surface area contributed by atoms with E-state index in [9.17, 15) is 14.4 Å². The maximum Gasteiger partial charge on any atom is 0.330 e. The molecule has 0 aromatic carbocycles. The van der Waals surface area contributed by atoms with Crippen molar-refractivity contribution in [2.75, 3.05) is 0 Å². The summed E-state index contributed by atoms with van der Waals surface area (Å²) < 4.78 is 2.28. The summed E-state index contributed by atoms with van der Waals surface area (Å²) in [7, 11) is 2.96. The quantitative estimate of drug-likeness (QED) is 0.751. The van der Waals surface area contributed by atoms with E-state index in [0.29, 0.717) is 0 Å². The van der Waals surface area contributed by atoms with Crippen molar-refractivity contribution >= 4 is 5.78 Å². The molecule has 1 heterocycles. The number of hydrogen-bond donors (Lipinski definition) is 0. The third-order valence-corrected chi connectivity index (χ3v) is 4.29. The van der Waals surface area contributed by atoms with E-state index in [-0.39, 0.29) is 22.7 Å². The van der Waals surface area contributed by atoms with Gasteiger partial charge in [0, 0.05) is 26.2 Å². The van der Waals surface area contributed by atoms with Gasteiger partial charge in [0.15, 0.2) is 5.78 Å². The first-order valence-corrected chi connectivity index (χ1v) is 6.56. The zero-order chi connectivity index (χ0) is 14.4. The van der Waals surface area contributed by atoms with Crippen LogP contribution in [0.25, 0.3) is 0 Å². The molecule has 2 rings (SSSR count). The SMILES string of the molecule is Cn1cc(C(=O)C2CCCC2(C)C)c(=O)n(C)c1=O. The lowest BCUT2D eigenvalue weighted by Crippen LogP contribution is -2.41. The van der Waals surface area contributed by atoms with E-state index in [0.717, 1.165) is 23.8 Å². The average molecular weight is 264 g/mol. The highest BCUT2D eigenvalue weighted by atomic mass is 16.2. The normalized spacial score (nSPS) is 21.6. The Morgan fingerprint density at radius 3 is 2.47 bits per heavy atom. The summed E-state index contributed by atoms with van der Waals surface area (Å²) in [4.78, 5) is 36.3. The Bertz CT molecular complexity index is 637. The van der Waals surface area contributed by atoms with Gasteiger partial charge in [0.25, 0.3) is 5.56 Å². The fourth-order valence-electron chi connectivity index (χ4n) is 2.98. The highest BCUT2D eigenvalue weighted by Crippen LogP contribution is 2.43. The van der Waals surface area contributed by atoms with E-state index in [1.54, 1.807) is 7.05 Å². The van der Waals surface area contributed by atoms with Crippen LogP contribution in [0, 0.1) is 11.3 Å². The minimum absolute atomic E-state index is 0.0726. The second kappa shape index (κ2) is 4.47. The molecule has 19 heavy (non-hydrogen) atoms. The summed E-state index contributed by atoms with van der Waals surface area (Å²) in [6.07, 6.45) is 4.20. The lowest BCUT2D eigenvalue weighted by atomic mass is 9.78. The smallest absolute Gasteiger partial charge is 0.303 e. The molecule has 104 valence electrons. The molecule has 1 saturated carbocycles. The Labute approximate surface area is 111 Å². The number of nitrogens with zero attached hydrogens (tertiary/aromatic N) is 2. The zero-order valence-corrected chi connectivity index (χ0v) is 11.9.